The molecular formula is C13H19N3O. The summed E-state index contributed by atoms with van der Waals surface area (Å²) in [7, 11) is 0. The van der Waals surface area contributed by atoms with Gasteiger partial charge in [0.25, 0.3) is 0 Å². The molecule has 0 saturated carbocycles. The van der Waals surface area contributed by atoms with Crippen LogP contribution in [-0.4, -0.2) is 28.8 Å². The number of nitrogens with zero attached hydrogens (tertiary/aromatic N) is 3. The summed E-state index contributed by atoms with van der Waals surface area (Å²) >= 11 is 0. The molecule has 0 aromatic carbocycles. The highest BCUT2D eigenvalue weighted by Crippen LogP contribution is 2.24. The monoisotopic (exact) mass is 233 g/mol. The van der Waals surface area contributed by atoms with E-state index in [1.54, 1.807) is 12.4 Å². The molecule has 17 heavy (non-hydrogen) atoms. The number of hydrogen-bond donors (Lipinski definition) is 0. The maximum absolute atomic E-state index is 10.6. The number of piperidine rings is 1. The van der Waals surface area contributed by atoms with E-state index in [-0.39, 0.29) is 0 Å². The van der Waals surface area contributed by atoms with E-state index in [1.807, 2.05) is 0 Å². The fraction of sp³-hybridized carbons (Fsp3) is 0.615. The zero-order valence-electron chi connectivity index (χ0n) is 10.3. The second kappa shape index (κ2) is 5.75. The zero-order valence-corrected chi connectivity index (χ0v) is 10.3. The van der Waals surface area contributed by atoms with Gasteiger partial charge in [-0.15, -0.1) is 0 Å². The number of aldehydes is 1. The van der Waals surface area contributed by atoms with Gasteiger partial charge in [-0.25, -0.2) is 9.97 Å². The molecule has 0 N–H and O–H groups in total. The van der Waals surface area contributed by atoms with Gasteiger partial charge in [0.15, 0.2) is 6.29 Å². The summed E-state index contributed by atoms with van der Waals surface area (Å²) < 4.78 is 0. The van der Waals surface area contributed by atoms with Crippen LogP contribution in [0.15, 0.2) is 12.4 Å². The lowest BCUT2D eigenvalue weighted by molar-refractivity contribution is 0.112. The van der Waals surface area contributed by atoms with Crippen LogP contribution in [0.2, 0.25) is 0 Å². The minimum Gasteiger partial charge on any atom is -0.338 e. The van der Waals surface area contributed by atoms with Gasteiger partial charge in [0.2, 0.25) is 5.95 Å². The molecule has 0 spiro atoms. The van der Waals surface area contributed by atoms with Crippen molar-refractivity contribution in [2.75, 3.05) is 11.4 Å². The molecular weight excluding hydrogens is 214 g/mol. The number of anilines is 1. The van der Waals surface area contributed by atoms with Crippen molar-refractivity contribution in [1.82, 2.24) is 9.97 Å². The molecule has 0 radical (unpaired) electrons. The molecule has 4 nitrogen and oxygen atoms in total. The number of hydrogen-bond acceptors (Lipinski definition) is 4. The normalized spacial score (nSPS) is 20.3. The average molecular weight is 233 g/mol. The Kier molecular flexibility index (Phi) is 4.07. The summed E-state index contributed by atoms with van der Waals surface area (Å²) in [5, 5.41) is 0. The molecule has 1 unspecified atom stereocenters. The molecule has 0 bridgehead atoms. The van der Waals surface area contributed by atoms with Crippen molar-refractivity contribution in [2.45, 2.75) is 45.1 Å². The van der Waals surface area contributed by atoms with Crippen molar-refractivity contribution < 1.29 is 4.79 Å². The summed E-state index contributed by atoms with van der Waals surface area (Å²) in [6.07, 6.45) is 10.1. The van der Waals surface area contributed by atoms with Gasteiger partial charge in [0, 0.05) is 25.0 Å². The molecule has 0 amide bonds. The second-order valence-corrected chi connectivity index (χ2v) is 4.57. The quantitative estimate of drug-likeness (QED) is 0.749. The van der Waals surface area contributed by atoms with Gasteiger partial charge in [-0.3, -0.25) is 4.79 Å². The predicted molar refractivity (Wildman–Crippen MR) is 67.3 cm³/mol. The van der Waals surface area contributed by atoms with Gasteiger partial charge in [0.1, 0.15) is 0 Å². The standard InChI is InChI=1S/C13H19N3O/c1-2-5-12-6-3-4-7-16(12)13-14-8-11(10-17)9-15-13/h8-10,12H,2-7H2,1H3. The van der Waals surface area contributed by atoms with Crippen LogP contribution in [0, 0.1) is 0 Å². The Hall–Kier alpha value is -1.45. The van der Waals surface area contributed by atoms with Crippen LogP contribution in [0.5, 0.6) is 0 Å². The highest BCUT2D eigenvalue weighted by molar-refractivity contribution is 5.73. The van der Waals surface area contributed by atoms with E-state index in [4.69, 9.17) is 0 Å². The Bertz CT molecular complexity index is 361. The number of carbonyl (C=O) groups is 1. The highest BCUT2D eigenvalue weighted by atomic mass is 16.1. The van der Waals surface area contributed by atoms with Gasteiger partial charge in [0.05, 0.1) is 5.56 Å². The third-order valence-corrected chi connectivity index (χ3v) is 3.30. The van der Waals surface area contributed by atoms with Crippen molar-refractivity contribution in [1.29, 1.82) is 0 Å². The molecule has 2 heterocycles. The molecule has 1 aromatic rings. The molecule has 1 atom stereocenters. The minimum atomic E-state index is 0.540. The van der Waals surface area contributed by atoms with E-state index < -0.39 is 0 Å². The van der Waals surface area contributed by atoms with Gasteiger partial charge in [-0.1, -0.05) is 13.3 Å². The fourth-order valence-corrected chi connectivity index (χ4v) is 2.44. The fourth-order valence-electron chi connectivity index (χ4n) is 2.44. The van der Waals surface area contributed by atoms with Crippen LogP contribution in [-0.2, 0) is 0 Å². The summed E-state index contributed by atoms with van der Waals surface area (Å²) in [6, 6.07) is 0.566. The Morgan fingerprint density at radius 2 is 2.18 bits per heavy atom. The first-order valence-electron chi connectivity index (χ1n) is 6.39. The number of rotatable bonds is 4. The first kappa shape index (κ1) is 12.0. The molecule has 92 valence electrons. The minimum absolute atomic E-state index is 0.540. The van der Waals surface area contributed by atoms with Gasteiger partial charge < -0.3 is 4.90 Å². The number of carbonyl (C=O) groups excluding carboxylic acids is 1. The summed E-state index contributed by atoms with van der Waals surface area (Å²) in [5.41, 5.74) is 0.540. The van der Waals surface area contributed by atoms with Crippen LogP contribution in [0.25, 0.3) is 0 Å². The zero-order chi connectivity index (χ0) is 12.1. The first-order valence-corrected chi connectivity index (χ1v) is 6.39. The van der Waals surface area contributed by atoms with E-state index in [1.165, 1.54) is 32.1 Å². The Morgan fingerprint density at radius 1 is 1.41 bits per heavy atom. The van der Waals surface area contributed by atoms with Gasteiger partial charge in [-0.05, 0) is 25.7 Å². The lowest BCUT2D eigenvalue weighted by Gasteiger charge is -2.35. The van der Waals surface area contributed by atoms with E-state index in [0.717, 1.165) is 18.8 Å². The average Bonchev–Trinajstić information content (AvgIpc) is 2.40. The largest absolute Gasteiger partial charge is 0.338 e. The molecule has 1 saturated heterocycles. The van der Waals surface area contributed by atoms with Crippen LogP contribution in [0.1, 0.15) is 49.4 Å². The van der Waals surface area contributed by atoms with E-state index >= 15 is 0 Å². The Morgan fingerprint density at radius 3 is 2.82 bits per heavy atom. The lowest BCUT2D eigenvalue weighted by Crippen LogP contribution is -2.40. The topological polar surface area (TPSA) is 46.1 Å². The van der Waals surface area contributed by atoms with Crippen LogP contribution in [0.4, 0.5) is 5.95 Å². The third-order valence-electron chi connectivity index (χ3n) is 3.30. The van der Waals surface area contributed by atoms with Crippen LogP contribution in [0.3, 0.4) is 0 Å². The predicted octanol–water partition coefficient (Wildman–Crippen LogP) is 2.45. The van der Waals surface area contributed by atoms with Gasteiger partial charge in [-0.2, -0.15) is 0 Å². The summed E-state index contributed by atoms with van der Waals surface area (Å²) in [6.45, 7) is 3.24. The molecule has 1 aliphatic heterocycles. The van der Waals surface area contributed by atoms with Crippen molar-refractivity contribution in [2.24, 2.45) is 0 Å². The maximum Gasteiger partial charge on any atom is 0.225 e. The number of aromatic nitrogens is 2. The Labute approximate surface area is 102 Å². The van der Waals surface area contributed by atoms with Crippen molar-refractivity contribution in [3.8, 4) is 0 Å². The molecule has 1 aliphatic rings. The maximum atomic E-state index is 10.6. The SMILES string of the molecule is CCCC1CCCCN1c1ncc(C=O)cn1. The first-order chi connectivity index (χ1) is 8.35. The lowest BCUT2D eigenvalue weighted by atomic mass is 9.99. The molecule has 0 aliphatic carbocycles. The smallest absolute Gasteiger partial charge is 0.225 e. The van der Waals surface area contributed by atoms with E-state index in [2.05, 4.69) is 21.8 Å². The summed E-state index contributed by atoms with van der Waals surface area (Å²) in [5.74, 6) is 0.772. The Balaban J connectivity index is 2.14. The van der Waals surface area contributed by atoms with Crippen molar-refractivity contribution >= 4 is 12.2 Å². The molecule has 2 rings (SSSR count). The third kappa shape index (κ3) is 2.81. The van der Waals surface area contributed by atoms with Gasteiger partial charge >= 0.3 is 0 Å². The highest BCUT2D eigenvalue weighted by Gasteiger charge is 2.23. The molecule has 1 aromatic heterocycles. The van der Waals surface area contributed by atoms with E-state index in [0.29, 0.717) is 11.6 Å². The van der Waals surface area contributed by atoms with Crippen LogP contribution < -0.4 is 4.90 Å². The van der Waals surface area contributed by atoms with E-state index in [9.17, 15) is 4.79 Å². The summed E-state index contributed by atoms with van der Waals surface area (Å²) in [4.78, 5) is 21.4. The molecule has 1 fully saturated rings. The van der Waals surface area contributed by atoms with Crippen molar-refractivity contribution in [3.05, 3.63) is 18.0 Å². The van der Waals surface area contributed by atoms with Crippen LogP contribution >= 0.6 is 0 Å². The molecule has 4 heteroatoms. The second-order valence-electron chi connectivity index (χ2n) is 4.57. The van der Waals surface area contributed by atoms with Crippen molar-refractivity contribution in [3.63, 3.8) is 0 Å².